The van der Waals surface area contributed by atoms with E-state index in [-0.39, 0.29) is 5.41 Å². The van der Waals surface area contributed by atoms with Crippen molar-refractivity contribution < 1.29 is 4.42 Å². The molecule has 0 saturated heterocycles. The highest BCUT2D eigenvalue weighted by Gasteiger charge is 2.35. The molecule has 0 bridgehead atoms. The van der Waals surface area contributed by atoms with Gasteiger partial charge in [-0.3, -0.25) is 0 Å². The molecule has 6 aromatic carbocycles. The fourth-order valence-electron chi connectivity index (χ4n) is 6.63. The summed E-state index contributed by atoms with van der Waals surface area (Å²) in [6.07, 6.45) is 0. The predicted molar refractivity (Wildman–Crippen MR) is 171 cm³/mol. The van der Waals surface area contributed by atoms with Crippen LogP contribution in [0.2, 0.25) is 0 Å². The normalized spacial score (nSPS) is 13.3. The van der Waals surface area contributed by atoms with Gasteiger partial charge in [0.05, 0.1) is 11.1 Å². The Hall–Kier alpha value is -5.08. The molecule has 0 atom stereocenters. The van der Waals surface area contributed by atoms with Crippen molar-refractivity contribution >= 4 is 39.0 Å². The lowest BCUT2D eigenvalue weighted by Gasteiger charge is -2.28. The van der Waals surface area contributed by atoms with E-state index in [1.807, 2.05) is 12.1 Å². The zero-order valence-corrected chi connectivity index (χ0v) is 23.1. The predicted octanol–water partition coefficient (Wildman–Crippen LogP) is 11.0. The van der Waals surface area contributed by atoms with Gasteiger partial charge < -0.3 is 9.32 Å². The molecule has 1 heterocycles. The Balaban J connectivity index is 1.36. The van der Waals surface area contributed by atoms with Gasteiger partial charge >= 0.3 is 0 Å². The highest BCUT2D eigenvalue weighted by Crippen LogP contribution is 2.51. The molecule has 0 aliphatic heterocycles. The van der Waals surface area contributed by atoms with Crippen LogP contribution in [0.5, 0.6) is 0 Å². The molecule has 0 radical (unpaired) electrons. The topological polar surface area (TPSA) is 16.4 Å². The van der Waals surface area contributed by atoms with Crippen LogP contribution in [0.3, 0.4) is 0 Å². The molecule has 1 aliphatic rings. The highest BCUT2D eigenvalue weighted by atomic mass is 16.3. The van der Waals surface area contributed by atoms with Crippen molar-refractivity contribution in [3.8, 4) is 22.3 Å². The minimum atomic E-state index is -0.0842. The SMILES string of the molecule is CC1(C)c2ccccc2-c2ccc(N(c3ccc(-c4ccccc4)cc3)c3cccc4oc5ccccc5c34)cc21. The van der Waals surface area contributed by atoms with Gasteiger partial charge in [-0.15, -0.1) is 0 Å². The lowest BCUT2D eigenvalue weighted by Crippen LogP contribution is -2.16. The van der Waals surface area contributed by atoms with Crippen LogP contribution < -0.4 is 4.90 Å². The average Bonchev–Trinajstić information content (AvgIpc) is 3.51. The number of hydrogen-bond donors (Lipinski definition) is 0. The van der Waals surface area contributed by atoms with Crippen molar-refractivity contribution in [3.05, 3.63) is 151 Å². The molecule has 0 saturated carbocycles. The van der Waals surface area contributed by atoms with Crippen molar-refractivity contribution in [2.75, 3.05) is 4.90 Å². The van der Waals surface area contributed by atoms with E-state index >= 15 is 0 Å². The molecule has 196 valence electrons. The van der Waals surface area contributed by atoms with Crippen molar-refractivity contribution in [1.82, 2.24) is 0 Å². The number of benzene rings is 6. The molecule has 0 amide bonds. The molecule has 2 heteroatoms. The van der Waals surface area contributed by atoms with Gasteiger partial charge in [0.25, 0.3) is 0 Å². The molecule has 1 aliphatic carbocycles. The smallest absolute Gasteiger partial charge is 0.137 e. The van der Waals surface area contributed by atoms with E-state index in [0.29, 0.717) is 0 Å². The zero-order valence-electron chi connectivity index (χ0n) is 23.1. The third kappa shape index (κ3) is 3.64. The second kappa shape index (κ2) is 8.97. The highest BCUT2D eigenvalue weighted by molar-refractivity contribution is 6.13. The van der Waals surface area contributed by atoms with E-state index in [4.69, 9.17) is 4.42 Å². The van der Waals surface area contributed by atoms with Crippen LogP contribution in [-0.2, 0) is 5.41 Å². The molecule has 0 spiro atoms. The van der Waals surface area contributed by atoms with E-state index in [1.165, 1.54) is 33.4 Å². The maximum absolute atomic E-state index is 6.31. The fraction of sp³-hybridized carbons (Fsp3) is 0.0769. The van der Waals surface area contributed by atoms with Gasteiger partial charge in [-0.25, -0.2) is 0 Å². The molecule has 0 unspecified atom stereocenters. The second-order valence-electron chi connectivity index (χ2n) is 11.4. The number of nitrogens with zero attached hydrogens (tertiary/aromatic N) is 1. The summed E-state index contributed by atoms with van der Waals surface area (Å²) in [5.74, 6) is 0. The summed E-state index contributed by atoms with van der Waals surface area (Å²) in [6.45, 7) is 4.68. The van der Waals surface area contributed by atoms with Crippen molar-refractivity contribution in [3.63, 3.8) is 0 Å². The van der Waals surface area contributed by atoms with E-state index in [0.717, 1.165) is 39.0 Å². The number of hydrogen-bond acceptors (Lipinski definition) is 2. The second-order valence-corrected chi connectivity index (χ2v) is 11.4. The number of para-hydroxylation sites is 1. The lowest BCUT2D eigenvalue weighted by atomic mass is 9.82. The first-order valence-corrected chi connectivity index (χ1v) is 14.2. The van der Waals surface area contributed by atoms with Gasteiger partial charge in [-0.1, -0.05) is 111 Å². The summed E-state index contributed by atoms with van der Waals surface area (Å²) < 4.78 is 6.31. The standard InChI is InChI=1S/C39H29NO/c1-39(2)33-15-8-6-13-30(33)31-24-23-29(25-34(31)39)40(28-21-19-27(20-22-28)26-11-4-3-5-12-26)35-16-10-18-37-38(35)32-14-7-9-17-36(32)41-37/h3-25H,1-2H3. The van der Waals surface area contributed by atoms with Crippen molar-refractivity contribution in [2.45, 2.75) is 19.3 Å². The van der Waals surface area contributed by atoms with Gasteiger partial charge in [0.1, 0.15) is 11.2 Å². The Morgan fingerprint density at radius 3 is 2.02 bits per heavy atom. The molecule has 41 heavy (non-hydrogen) atoms. The van der Waals surface area contributed by atoms with Crippen LogP contribution in [0.15, 0.2) is 144 Å². The first-order valence-electron chi connectivity index (χ1n) is 14.2. The monoisotopic (exact) mass is 527 g/mol. The summed E-state index contributed by atoms with van der Waals surface area (Å²) in [5, 5.41) is 2.25. The Morgan fingerprint density at radius 2 is 1.17 bits per heavy atom. The van der Waals surface area contributed by atoms with Crippen LogP contribution in [-0.4, -0.2) is 0 Å². The fourth-order valence-corrected chi connectivity index (χ4v) is 6.63. The van der Waals surface area contributed by atoms with E-state index in [9.17, 15) is 0 Å². The van der Waals surface area contributed by atoms with Gasteiger partial charge in [0, 0.05) is 22.2 Å². The Labute approximate surface area is 240 Å². The third-order valence-corrected chi connectivity index (χ3v) is 8.68. The first kappa shape index (κ1) is 23.8. The first-order chi connectivity index (χ1) is 20.1. The maximum Gasteiger partial charge on any atom is 0.137 e. The largest absolute Gasteiger partial charge is 0.456 e. The molecule has 1 aromatic heterocycles. The van der Waals surface area contributed by atoms with E-state index in [2.05, 4.69) is 146 Å². The van der Waals surface area contributed by atoms with Gasteiger partial charge in [0.2, 0.25) is 0 Å². The number of furan rings is 1. The number of fused-ring (bicyclic) bond motifs is 6. The summed E-state index contributed by atoms with van der Waals surface area (Å²) in [4.78, 5) is 2.39. The third-order valence-electron chi connectivity index (χ3n) is 8.68. The minimum absolute atomic E-state index is 0.0842. The van der Waals surface area contributed by atoms with Gasteiger partial charge in [-0.2, -0.15) is 0 Å². The molecular weight excluding hydrogens is 498 g/mol. The van der Waals surface area contributed by atoms with Crippen LogP contribution in [0.4, 0.5) is 17.1 Å². The summed E-state index contributed by atoms with van der Waals surface area (Å²) in [7, 11) is 0. The lowest BCUT2D eigenvalue weighted by molar-refractivity contribution is 0.660. The average molecular weight is 528 g/mol. The van der Waals surface area contributed by atoms with E-state index < -0.39 is 0 Å². The van der Waals surface area contributed by atoms with Gasteiger partial charge in [0.15, 0.2) is 0 Å². The Kier molecular flexibility index (Phi) is 5.20. The summed E-state index contributed by atoms with van der Waals surface area (Å²) in [5.41, 5.74) is 12.9. The Morgan fingerprint density at radius 1 is 0.512 bits per heavy atom. The van der Waals surface area contributed by atoms with Crippen LogP contribution in [0, 0.1) is 0 Å². The van der Waals surface area contributed by atoms with Crippen LogP contribution in [0.1, 0.15) is 25.0 Å². The molecule has 0 fully saturated rings. The summed E-state index contributed by atoms with van der Waals surface area (Å²) in [6, 6.07) is 49.9. The van der Waals surface area contributed by atoms with Crippen LogP contribution >= 0.6 is 0 Å². The quantitative estimate of drug-likeness (QED) is 0.226. The molecular formula is C39H29NO. The molecule has 7 aromatic rings. The number of rotatable bonds is 4. The maximum atomic E-state index is 6.31. The van der Waals surface area contributed by atoms with Crippen molar-refractivity contribution in [1.29, 1.82) is 0 Å². The van der Waals surface area contributed by atoms with Crippen molar-refractivity contribution in [2.24, 2.45) is 0 Å². The molecule has 0 N–H and O–H groups in total. The van der Waals surface area contributed by atoms with E-state index in [1.54, 1.807) is 0 Å². The van der Waals surface area contributed by atoms with Crippen LogP contribution in [0.25, 0.3) is 44.2 Å². The zero-order chi connectivity index (χ0) is 27.6. The molecule has 2 nitrogen and oxygen atoms in total. The summed E-state index contributed by atoms with van der Waals surface area (Å²) >= 11 is 0. The molecule has 8 rings (SSSR count). The number of anilines is 3. The Bertz CT molecular complexity index is 2070. The minimum Gasteiger partial charge on any atom is -0.456 e. The van der Waals surface area contributed by atoms with Gasteiger partial charge in [-0.05, 0) is 75.8 Å².